The summed E-state index contributed by atoms with van der Waals surface area (Å²) in [5.41, 5.74) is 3.56. The van der Waals surface area contributed by atoms with Crippen molar-refractivity contribution in [2.45, 2.75) is 37.6 Å². The van der Waals surface area contributed by atoms with Gasteiger partial charge in [-0.05, 0) is 60.4 Å². The molecule has 1 aliphatic heterocycles. The average molecular weight is 585 g/mol. The number of sulfonamides is 1. The Labute approximate surface area is 234 Å². The number of aromatic nitrogens is 2. The van der Waals surface area contributed by atoms with Crippen LogP contribution in [0.4, 0.5) is 5.69 Å². The minimum atomic E-state index is -3.79. The lowest BCUT2D eigenvalue weighted by Crippen LogP contribution is -2.40. The van der Waals surface area contributed by atoms with E-state index in [1.165, 1.54) is 12.1 Å². The molecule has 3 N–H and O–H groups in total. The third-order valence-electron chi connectivity index (χ3n) is 6.64. The van der Waals surface area contributed by atoms with Gasteiger partial charge in [-0.1, -0.05) is 25.6 Å². The fourth-order valence-electron chi connectivity index (χ4n) is 4.62. The van der Waals surface area contributed by atoms with Crippen LogP contribution in [0.25, 0.3) is 22.2 Å². The van der Waals surface area contributed by atoms with Crippen LogP contribution in [-0.2, 0) is 31.1 Å². The van der Waals surface area contributed by atoms with E-state index in [1.54, 1.807) is 49.7 Å². The minimum absolute atomic E-state index is 0. The van der Waals surface area contributed by atoms with Crippen molar-refractivity contribution in [2.24, 2.45) is 0 Å². The van der Waals surface area contributed by atoms with Crippen molar-refractivity contribution < 1.29 is 26.4 Å². The number of hydrogen-bond acceptors (Lipinski definition) is 7. The molecule has 0 unspecified atom stereocenters. The molecular formula is C28H32N4O6S2. The fraction of sp³-hybridized carbons (Fsp3) is 0.286. The molecule has 212 valence electrons. The number of ether oxygens (including phenoxy) is 1. The Morgan fingerprint density at radius 3 is 2.50 bits per heavy atom. The number of anilines is 1. The van der Waals surface area contributed by atoms with E-state index < -0.39 is 25.9 Å². The van der Waals surface area contributed by atoms with Crippen LogP contribution >= 0.6 is 0 Å². The number of hydrogen-bond donors (Lipinski definition) is 3. The highest BCUT2D eigenvalue weighted by Crippen LogP contribution is 2.29. The molecule has 1 fully saturated rings. The maximum atomic E-state index is 12.9. The molecule has 1 saturated heterocycles. The molecule has 0 saturated carbocycles. The zero-order valence-corrected chi connectivity index (χ0v) is 22.8. The molecule has 0 radical (unpaired) electrons. The van der Waals surface area contributed by atoms with E-state index in [9.17, 15) is 21.6 Å². The van der Waals surface area contributed by atoms with E-state index in [-0.39, 0.29) is 49.0 Å². The summed E-state index contributed by atoms with van der Waals surface area (Å²) < 4.78 is 56.9. The predicted octanol–water partition coefficient (Wildman–Crippen LogP) is 3.91. The fourth-order valence-corrected chi connectivity index (χ4v) is 7.41. The number of nitrogens with zero attached hydrogens (tertiary/aromatic N) is 1. The van der Waals surface area contributed by atoms with Gasteiger partial charge in [0.2, 0.25) is 15.9 Å². The van der Waals surface area contributed by atoms with Gasteiger partial charge in [0.05, 0.1) is 29.9 Å². The van der Waals surface area contributed by atoms with Crippen LogP contribution in [0, 0.1) is 0 Å². The van der Waals surface area contributed by atoms with E-state index in [0.29, 0.717) is 22.8 Å². The number of rotatable bonds is 8. The van der Waals surface area contributed by atoms with E-state index in [4.69, 9.17) is 4.74 Å². The van der Waals surface area contributed by atoms with Crippen LogP contribution in [-0.4, -0.2) is 57.4 Å². The number of H-pyrrole nitrogens is 1. The zero-order valence-electron chi connectivity index (χ0n) is 21.2. The number of benzene rings is 2. The Bertz CT molecular complexity index is 1720. The summed E-state index contributed by atoms with van der Waals surface area (Å²) in [6.45, 7) is 0. The maximum Gasteiger partial charge on any atom is 0.240 e. The second-order valence-corrected chi connectivity index (χ2v) is 13.5. The topological polar surface area (TPSA) is 147 Å². The Morgan fingerprint density at radius 1 is 1.07 bits per heavy atom. The molecule has 12 heteroatoms. The van der Waals surface area contributed by atoms with Crippen molar-refractivity contribution in [1.82, 2.24) is 14.7 Å². The second-order valence-electron chi connectivity index (χ2n) is 9.44. The van der Waals surface area contributed by atoms with Gasteiger partial charge in [-0.15, -0.1) is 0 Å². The van der Waals surface area contributed by atoms with Crippen molar-refractivity contribution in [1.29, 1.82) is 0 Å². The Balaban J connectivity index is 0.00000370. The van der Waals surface area contributed by atoms with Crippen molar-refractivity contribution >= 4 is 42.5 Å². The van der Waals surface area contributed by atoms with Gasteiger partial charge >= 0.3 is 0 Å². The lowest BCUT2D eigenvalue weighted by Gasteiger charge is -2.22. The molecule has 4 aromatic rings. The number of carbonyl (C=O) groups excluding carboxylic acids is 1. The van der Waals surface area contributed by atoms with Crippen molar-refractivity contribution in [3.8, 4) is 16.9 Å². The van der Waals surface area contributed by atoms with Crippen LogP contribution in [0.1, 0.15) is 26.0 Å². The molecule has 2 aromatic carbocycles. The van der Waals surface area contributed by atoms with Crippen LogP contribution in [0.5, 0.6) is 5.75 Å². The highest BCUT2D eigenvalue weighted by atomic mass is 32.2. The largest absolute Gasteiger partial charge is 0.497 e. The molecule has 0 aliphatic carbocycles. The van der Waals surface area contributed by atoms with E-state index >= 15 is 0 Å². The lowest BCUT2D eigenvalue weighted by atomic mass is 10.0. The first-order chi connectivity index (χ1) is 18.6. The van der Waals surface area contributed by atoms with Crippen molar-refractivity contribution in [2.75, 3.05) is 23.9 Å². The number of amides is 1. The molecular weight excluding hydrogens is 552 g/mol. The molecule has 40 heavy (non-hydrogen) atoms. The number of sulfone groups is 1. The maximum absolute atomic E-state index is 12.9. The third kappa shape index (κ3) is 6.69. The van der Waals surface area contributed by atoms with Gasteiger partial charge in [0.15, 0.2) is 0 Å². The number of nitrogens with one attached hydrogen (secondary N) is 3. The monoisotopic (exact) mass is 584 g/mol. The highest BCUT2D eigenvalue weighted by molar-refractivity contribution is 7.91. The smallest absolute Gasteiger partial charge is 0.240 e. The Kier molecular flexibility index (Phi) is 8.62. The first kappa shape index (κ1) is 29.2. The molecule has 1 amide bonds. The summed E-state index contributed by atoms with van der Waals surface area (Å²) in [6, 6.07) is 16.9. The van der Waals surface area contributed by atoms with E-state index in [1.807, 2.05) is 12.1 Å². The molecule has 5 rings (SSSR count). The molecule has 1 aliphatic rings. The van der Waals surface area contributed by atoms with Gasteiger partial charge in [0.1, 0.15) is 21.2 Å². The first-order valence-corrected chi connectivity index (χ1v) is 15.7. The highest BCUT2D eigenvalue weighted by Gasteiger charge is 2.27. The zero-order chi connectivity index (χ0) is 27.6. The SMILES string of the molecule is C.COc1cccc(NC(=O)Cc2cc3c(-c4ccc(S(=O)(=O)NC5CCS(=O)(=O)CC5)cc4)ccnc3[nH]2)c1. The molecule has 0 atom stereocenters. The number of methoxy groups -OCH3 is 1. The van der Waals surface area contributed by atoms with Gasteiger partial charge in [-0.3, -0.25) is 4.79 Å². The van der Waals surface area contributed by atoms with Gasteiger partial charge in [-0.25, -0.2) is 26.5 Å². The summed E-state index contributed by atoms with van der Waals surface area (Å²) >= 11 is 0. The van der Waals surface area contributed by atoms with Gasteiger partial charge in [-0.2, -0.15) is 0 Å². The van der Waals surface area contributed by atoms with Crippen LogP contribution in [0.15, 0.2) is 71.8 Å². The predicted molar refractivity (Wildman–Crippen MR) is 156 cm³/mol. The summed E-state index contributed by atoms with van der Waals surface area (Å²) in [6.07, 6.45) is 2.29. The molecule has 0 bridgehead atoms. The second kappa shape index (κ2) is 11.8. The van der Waals surface area contributed by atoms with Gasteiger partial charge < -0.3 is 15.0 Å². The van der Waals surface area contributed by atoms with Crippen LogP contribution in [0.3, 0.4) is 0 Å². The summed E-state index contributed by atoms with van der Waals surface area (Å²) in [5.74, 6) is 0.414. The molecule has 10 nitrogen and oxygen atoms in total. The van der Waals surface area contributed by atoms with Crippen LogP contribution in [0.2, 0.25) is 0 Å². The van der Waals surface area contributed by atoms with Crippen molar-refractivity contribution in [3.63, 3.8) is 0 Å². The molecule has 3 heterocycles. The number of fused-ring (bicyclic) bond motifs is 1. The summed E-state index contributed by atoms with van der Waals surface area (Å²) in [5, 5.41) is 3.66. The van der Waals surface area contributed by atoms with Gasteiger partial charge in [0.25, 0.3) is 0 Å². The normalized spacial score (nSPS) is 15.3. The molecule has 2 aromatic heterocycles. The quantitative estimate of drug-likeness (QED) is 0.284. The third-order valence-corrected chi connectivity index (χ3v) is 9.90. The number of carbonyl (C=O) groups is 1. The standard InChI is InChI=1S/C27H28N4O6S2.CH4/c1-37-22-4-2-3-20(15-22)29-26(32)17-21-16-25-24(9-12-28-27(25)30-21)18-5-7-23(8-6-18)39(35,36)31-19-10-13-38(33,34)14-11-19;/h2-9,12,15-16,19,31H,10-11,13-14,17H2,1H3,(H,28,30)(H,29,32);1H4. The number of pyridine rings is 1. The molecule has 0 spiro atoms. The van der Waals surface area contributed by atoms with E-state index in [0.717, 1.165) is 16.5 Å². The minimum Gasteiger partial charge on any atom is -0.497 e. The summed E-state index contributed by atoms with van der Waals surface area (Å²) in [4.78, 5) is 20.3. The van der Waals surface area contributed by atoms with Crippen molar-refractivity contribution in [3.05, 3.63) is 72.6 Å². The van der Waals surface area contributed by atoms with Gasteiger partial charge in [0, 0.05) is 35.1 Å². The number of aromatic amines is 1. The lowest BCUT2D eigenvalue weighted by molar-refractivity contribution is -0.115. The first-order valence-electron chi connectivity index (χ1n) is 12.4. The average Bonchev–Trinajstić information content (AvgIpc) is 3.32. The van der Waals surface area contributed by atoms with E-state index in [2.05, 4.69) is 20.0 Å². The van der Waals surface area contributed by atoms with Crippen LogP contribution < -0.4 is 14.8 Å². The Morgan fingerprint density at radius 2 is 1.80 bits per heavy atom. The Hall–Kier alpha value is -3.74. The summed E-state index contributed by atoms with van der Waals surface area (Å²) in [7, 11) is -5.31.